The van der Waals surface area contributed by atoms with Crippen LogP contribution in [0.2, 0.25) is 10.0 Å². The Labute approximate surface area is 286 Å². The number of hydrogen-bond acceptors (Lipinski definition) is 5. The van der Waals surface area contributed by atoms with Gasteiger partial charge in [0.15, 0.2) is 0 Å². The second-order valence-corrected chi connectivity index (χ2v) is 13.7. The fraction of sp³-hybridized carbons (Fsp3) is 0.270. The third-order valence-electron chi connectivity index (χ3n) is 10.3. The zero-order chi connectivity index (χ0) is 33.5. The van der Waals surface area contributed by atoms with Gasteiger partial charge in [0.25, 0.3) is 0 Å². The van der Waals surface area contributed by atoms with Crippen molar-refractivity contribution in [1.29, 1.82) is 0 Å². The Morgan fingerprint density at radius 3 is 2.73 bits per heavy atom. The lowest BCUT2D eigenvalue weighted by Gasteiger charge is -2.46. The number of carboxylic acid groups (broad SMARTS) is 1. The van der Waals surface area contributed by atoms with E-state index in [0.29, 0.717) is 53.3 Å². The number of carboxylic acids is 1. The number of halogens is 3. The predicted octanol–water partition coefficient (Wildman–Crippen LogP) is 7.59. The molecule has 8 rings (SSSR count). The first kappa shape index (κ1) is 30.9. The van der Waals surface area contributed by atoms with Gasteiger partial charge in [0.1, 0.15) is 17.1 Å². The van der Waals surface area contributed by atoms with Crippen LogP contribution in [-0.2, 0) is 24.2 Å². The summed E-state index contributed by atoms with van der Waals surface area (Å²) in [6.45, 7) is 4.59. The maximum atomic E-state index is 16.4. The number of aryl methyl sites for hydroxylation is 1. The molecule has 1 fully saturated rings. The van der Waals surface area contributed by atoms with E-state index in [1.54, 1.807) is 37.3 Å². The molecule has 244 valence electrons. The maximum absolute atomic E-state index is 16.4. The average molecular weight is 686 g/mol. The summed E-state index contributed by atoms with van der Waals surface area (Å²) in [7, 11) is 0. The number of ether oxygens (including phenoxy) is 1. The van der Waals surface area contributed by atoms with Crippen molar-refractivity contribution in [2.24, 2.45) is 0 Å². The van der Waals surface area contributed by atoms with Crippen molar-refractivity contribution in [1.82, 2.24) is 14.7 Å². The van der Waals surface area contributed by atoms with Gasteiger partial charge in [-0.3, -0.25) is 14.4 Å². The van der Waals surface area contributed by atoms with Crippen LogP contribution in [0.4, 0.5) is 10.1 Å². The number of aromatic nitrogens is 2. The summed E-state index contributed by atoms with van der Waals surface area (Å²) in [5, 5.41) is 19.3. The van der Waals surface area contributed by atoms with Gasteiger partial charge in [-0.2, -0.15) is 5.10 Å². The van der Waals surface area contributed by atoms with E-state index in [1.807, 2.05) is 48.0 Å². The van der Waals surface area contributed by atoms with E-state index in [2.05, 4.69) is 10.2 Å². The first-order chi connectivity index (χ1) is 23.1. The maximum Gasteiger partial charge on any atom is 0.336 e. The van der Waals surface area contributed by atoms with Gasteiger partial charge in [-0.25, -0.2) is 9.18 Å². The first-order valence-electron chi connectivity index (χ1n) is 15.9. The highest BCUT2D eigenvalue weighted by Crippen LogP contribution is 2.60. The number of nitrogens with one attached hydrogen (secondary N) is 1. The Hall–Kier alpha value is -4.44. The molecule has 1 spiro atoms. The minimum Gasteiger partial charge on any atom is -0.494 e. The van der Waals surface area contributed by atoms with Crippen LogP contribution in [0.1, 0.15) is 57.2 Å². The molecule has 48 heavy (non-hydrogen) atoms. The Balaban J connectivity index is 1.38. The summed E-state index contributed by atoms with van der Waals surface area (Å²) >= 11 is 12.8. The van der Waals surface area contributed by atoms with E-state index < -0.39 is 29.3 Å². The minimum atomic E-state index is -1.26. The molecule has 1 aromatic heterocycles. The van der Waals surface area contributed by atoms with Crippen LogP contribution >= 0.6 is 23.2 Å². The molecule has 5 aromatic rings. The SMILES string of the molecule is CCOc1cccc(CN2[C@H]3Cc4c5cc(C)c(C(=O)O)cc5nn4[C@H]3[C@H](c3cccc(Cl)c3F)[C@@]23Cc2ccc(Cl)cc2NC3=O)c1. The Bertz CT molecular complexity index is 2170. The second kappa shape index (κ2) is 11.3. The highest BCUT2D eigenvalue weighted by Gasteiger charge is 2.67. The van der Waals surface area contributed by atoms with Gasteiger partial charge in [-0.1, -0.05) is 53.5 Å². The highest BCUT2D eigenvalue weighted by atomic mass is 35.5. The third kappa shape index (κ3) is 4.55. The summed E-state index contributed by atoms with van der Waals surface area (Å²) in [5.74, 6) is -1.88. The van der Waals surface area contributed by atoms with Crippen LogP contribution in [0.15, 0.2) is 72.8 Å². The fourth-order valence-corrected chi connectivity index (χ4v) is 8.70. The molecule has 4 heterocycles. The third-order valence-corrected chi connectivity index (χ3v) is 10.8. The molecule has 3 aliphatic heterocycles. The standard InChI is InChI=1S/C37H31Cl2FN4O4/c1-3-48-23-7-4-6-20(13-23)18-43-31-16-30-26-12-19(2)25(35(45)46)15-29(26)42-44(30)34(31)32(24-8-5-9-27(39)33(24)40)37(43)17-21-10-11-22(38)14-28(21)41-36(37)47/h4-15,31-32,34H,3,16-18H2,1-2H3,(H,41,47)(H,45,46)/t31-,32-,34+,37+/m0/s1. The molecule has 11 heteroatoms. The smallest absolute Gasteiger partial charge is 0.336 e. The van der Waals surface area contributed by atoms with Gasteiger partial charge in [0.2, 0.25) is 5.91 Å². The van der Waals surface area contributed by atoms with Gasteiger partial charge in [-0.05, 0) is 78.6 Å². The van der Waals surface area contributed by atoms with E-state index in [1.165, 1.54) is 6.07 Å². The summed E-state index contributed by atoms with van der Waals surface area (Å²) in [5.41, 5.74) is 3.77. The largest absolute Gasteiger partial charge is 0.494 e. The van der Waals surface area contributed by atoms with Gasteiger partial charge in [0, 0.05) is 53.1 Å². The fourth-order valence-electron chi connectivity index (χ4n) is 8.35. The van der Waals surface area contributed by atoms with Crippen molar-refractivity contribution in [3.05, 3.63) is 122 Å². The summed E-state index contributed by atoms with van der Waals surface area (Å²) in [6.07, 6.45) is 0.803. The van der Waals surface area contributed by atoms with Crippen molar-refractivity contribution >= 4 is 51.7 Å². The van der Waals surface area contributed by atoms with Crippen LogP contribution in [-0.4, -0.2) is 49.9 Å². The molecule has 2 N–H and O–H groups in total. The van der Waals surface area contributed by atoms with E-state index in [9.17, 15) is 14.7 Å². The summed E-state index contributed by atoms with van der Waals surface area (Å²) in [4.78, 5) is 29.1. The molecule has 1 saturated heterocycles. The Morgan fingerprint density at radius 2 is 1.94 bits per heavy atom. The average Bonchev–Trinajstić information content (AvgIpc) is 3.66. The lowest BCUT2D eigenvalue weighted by atomic mass is 9.71. The quantitative estimate of drug-likeness (QED) is 0.191. The molecule has 8 nitrogen and oxygen atoms in total. The molecular formula is C37H31Cl2FN4O4. The first-order valence-corrected chi connectivity index (χ1v) is 16.6. The normalized spacial score (nSPS) is 22.9. The van der Waals surface area contributed by atoms with E-state index in [4.69, 9.17) is 33.0 Å². The molecular weight excluding hydrogens is 654 g/mol. The number of likely N-dealkylation sites (tertiary alicyclic amines) is 1. The molecule has 1 amide bonds. The van der Waals surface area contributed by atoms with Gasteiger partial charge < -0.3 is 15.2 Å². The molecule has 3 aliphatic rings. The molecule has 0 unspecified atom stereocenters. The summed E-state index contributed by atoms with van der Waals surface area (Å²) < 4.78 is 24.1. The van der Waals surface area contributed by atoms with Crippen molar-refractivity contribution in [3.63, 3.8) is 0 Å². The number of anilines is 1. The van der Waals surface area contributed by atoms with E-state index in [-0.39, 0.29) is 22.5 Å². The van der Waals surface area contributed by atoms with Crippen LogP contribution in [0.25, 0.3) is 10.9 Å². The van der Waals surface area contributed by atoms with Crippen LogP contribution < -0.4 is 10.1 Å². The van der Waals surface area contributed by atoms with Crippen molar-refractivity contribution in [2.75, 3.05) is 11.9 Å². The number of nitrogens with zero attached hydrogens (tertiary/aromatic N) is 3. The van der Waals surface area contributed by atoms with Crippen molar-refractivity contribution in [2.45, 2.75) is 56.8 Å². The predicted molar refractivity (Wildman–Crippen MR) is 182 cm³/mol. The molecule has 0 aliphatic carbocycles. The Kier molecular flexibility index (Phi) is 7.28. The molecule has 4 aromatic carbocycles. The second-order valence-electron chi connectivity index (χ2n) is 12.8. The van der Waals surface area contributed by atoms with Crippen LogP contribution in [0.3, 0.4) is 0 Å². The minimum absolute atomic E-state index is 0.0314. The van der Waals surface area contributed by atoms with Crippen LogP contribution in [0, 0.1) is 12.7 Å². The topological polar surface area (TPSA) is 96.7 Å². The number of benzene rings is 4. The van der Waals surface area contributed by atoms with Crippen LogP contribution in [0.5, 0.6) is 5.75 Å². The number of aromatic carboxylic acids is 1. The number of rotatable bonds is 6. The molecule has 0 radical (unpaired) electrons. The zero-order valence-electron chi connectivity index (χ0n) is 26.1. The zero-order valence-corrected chi connectivity index (χ0v) is 27.6. The number of carbonyl (C=O) groups is 2. The van der Waals surface area contributed by atoms with Crippen molar-refractivity contribution < 1.29 is 23.8 Å². The van der Waals surface area contributed by atoms with Gasteiger partial charge in [0.05, 0.1) is 28.8 Å². The molecule has 0 saturated carbocycles. The highest BCUT2D eigenvalue weighted by molar-refractivity contribution is 6.31. The van der Waals surface area contributed by atoms with Gasteiger partial charge in [-0.15, -0.1) is 0 Å². The lowest BCUT2D eigenvalue weighted by Crippen LogP contribution is -2.61. The van der Waals surface area contributed by atoms with Gasteiger partial charge >= 0.3 is 5.97 Å². The lowest BCUT2D eigenvalue weighted by molar-refractivity contribution is -0.129. The number of hydrogen-bond donors (Lipinski definition) is 2. The molecule has 4 atom stereocenters. The number of carbonyl (C=O) groups excluding carboxylic acids is 1. The number of amides is 1. The summed E-state index contributed by atoms with van der Waals surface area (Å²) in [6, 6.07) is 20.9. The van der Waals surface area contributed by atoms with Crippen molar-refractivity contribution in [3.8, 4) is 5.75 Å². The monoisotopic (exact) mass is 684 g/mol. The Morgan fingerprint density at radius 1 is 1.12 bits per heavy atom. The number of fused-ring (bicyclic) bond motifs is 6. The van der Waals surface area contributed by atoms with E-state index >= 15 is 4.39 Å². The molecule has 0 bridgehead atoms. The van der Waals surface area contributed by atoms with E-state index in [0.717, 1.165) is 28.0 Å².